The highest BCUT2D eigenvalue weighted by molar-refractivity contribution is 5.25. The van der Waals surface area contributed by atoms with Crippen LogP contribution in [0.25, 0.3) is 0 Å². The van der Waals surface area contributed by atoms with E-state index in [2.05, 4.69) is 6.08 Å². The topological polar surface area (TPSA) is 20.2 Å². The molecule has 0 heterocycles. The van der Waals surface area contributed by atoms with E-state index in [0.29, 0.717) is 6.61 Å². The third-order valence-corrected chi connectivity index (χ3v) is 3.88. The Hall–Kier alpha value is -0.300. The van der Waals surface area contributed by atoms with E-state index in [1.54, 1.807) is 5.57 Å². The van der Waals surface area contributed by atoms with Crippen molar-refractivity contribution in [1.82, 2.24) is 0 Å². The van der Waals surface area contributed by atoms with Gasteiger partial charge >= 0.3 is 0 Å². The molecule has 16 heavy (non-hydrogen) atoms. The van der Waals surface area contributed by atoms with Crippen LogP contribution in [0, 0.1) is 11.8 Å². The van der Waals surface area contributed by atoms with Crippen molar-refractivity contribution in [2.24, 2.45) is 11.8 Å². The molecule has 0 aromatic carbocycles. The highest BCUT2D eigenvalue weighted by Crippen LogP contribution is 2.45. The van der Waals surface area contributed by atoms with Gasteiger partial charge in [0.1, 0.15) is 0 Å². The van der Waals surface area contributed by atoms with Gasteiger partial charge in [-0.15, -0.1) is 0 Å². The SMILES string of the molecule is OCCCCCCCCC1CC1=CC1CC1. The van der Waals surface area contributed by atoms with Crippen molar-refractivity contribution < 1.29 is 5.11 Å². The van der Waals surface area contributed by atoms with Crippen molar-refractivity contribution >= 4 is 0 Å². The minimum atomic E-state index is 0.372. The summed E-state index contributed by atoms with van der Waals surface area (Å²) in [4.78, 5) is 0. The molecule has 0 aromatic heterocycles. The molecule has 2 aliphatic carbocycles. The Morgan fingerprint density at radius 3 is 2.38 bits per heavy atom. The van der Waals surface area contributed by atoms with Crippen LogP contribution in [0.15, 0.2) is 11.6 Å². The Balaban J connectivity index is 1.38. The standard InChI is InChI=1S/C15H26O/c16-10-6-4-2-1-3-5-7-14-12-15(14)11-13-8-9-13/h11,13-14,16H,1-10,12H2. The zero-order valence-corrected chi connectivity index (χ0v) is 10.5. The van der Waals surface area contributed by atoms with Crippen LogP contribution in [0.2, 0.25) is 0 Å². The third-order valence-electron chi connectivity index (χ3n) is 3.88. The van der Waals surface area contributed by atoms with Crippen molar-refractivity contribution in [1.29, 1.82) is 0 Å². The van der Waals surface area contributed by atoms with Crippen LogP contribution >= 0.6 is 0 Å². The van der Waals surface area contributed by atoms with Gasteiger partial charge in [-0.25, -0.2) is 0 Å². The summed E-state index contributed by atoms with van der Waals surface area (Å²) in [6.45, 7) is 0.372. The normalized spacial score (nSPS) is 26.3. The van der Waals surface area contributed by atoms with Crippen LogP contribution in [0.3, 0.4) is 0 Å². The molecule has 0 aromatic rings. The summed E-state index contributed by atoms with van der Waals surface area (Å²) < 4.78 is 0. The number of rotatable bonds is 9. The van der Waals surface area contributed by atoms with E-state index in [1.807, 2.05) is 0 Å². The highest BCUT2D eigenvalue weighted by Gasteiger charge is 2.31. The minimum Gasteiger partial charge on any atom is -0.396 e. The molecule has 0 aliphatic heterocycles. The second-order valence-corrected chi connectivity index (χ2v) is 5.61. The van der Waals surface area contributed by atoms with Crippen molar-refractivity contribution in [3.8, 4) is 0 Å². The van der Waals surface area contributed by atoms with Crippen LogP contribution in [0.1, 0.15) is 64.2 Å². The average Bonchev–Trinajstić information content (AvgIpc) is 3.17. The van der Waals surface area contributed by atoms with E-state index in [1.165, 1.54) is 57.8 Å². The molecule has 1 unspecified atom stereocenters. The van der Waals surface area contributed by atoms with Gasteiger partial charge < -0.3 is 5.11 Å². The molecule has 1 heteroatoms. The van der Waals surface area contributed by atoms with E-state index in [0.717, 1.165) is 18.3 Å². The highest BCUT2D eigenvalue weighted by atomic mass is 16.2. The lowest BCUT2D eigenvalue weighted by Gasteiger charge is -1.99. The van der Waals surface area contributed by atoms with E-state index >= 15 is 0 Å². The Bertz CT molecular complexity index is 228. The largest absolute Gasteiger partial charge is 0.396 e. The first-order chi connectivity index (χ1) is 7.90. The second-order valence-electron chi connectivity index (χ2n) is 5.61. The predicted molar refractivity (Wildman–Crippen MR) is 68.3 cm³/mol. The fourth-order valence-corrected chi connectivity index (χ4v) is 2.49. The van der Waals surface area contributed by atoms with Crippen molar-refractivity contribution in [3.05, 3.63) is 11.6 Å². The van der Waals surface area contributed by atoms with Crippen LogP contribution in [-0.2, 0) is 0 Å². The van der Waals surface area contributed by atoms with Crippen LogP contribution in [0.5, 0.6) is 0 Å². The van der Waals surface area contributed by atoms with Gasteiger partial charge in [-0.2, -0.15) is 0 Å². The summed E-state index contributed by atoms with van der Waals surface area (Å²) in [5, 5.41) is 8.65. The maximum absolute atomic E-state index is 8.65. The minimum absolute atomic E-state index is 0.372. The first kappa shape index (κ1) is 12.2. The van der Waals surface area contributed by atoms with Gasteiger partial charge in [0.05, 0.1) is 0 Å². The molecule has 2 rings (SSSR count). The van der Waals surface area contributed by atoms with E-state index in [9.17, 15) is 0 Å². The summed E-state index contributed by atoms with van der Waals surface area (Å²) in [7, 11) is 0. The summed E-state index contributed by atoms with van der Waals surface area (Å²) in [6, 6.07) is 0. The number of hydrogen-bond donors (Lipinski definition) is 1. The zero-order chi connectivity index (χ0) is 11.2. The predicted octanol–water partition coefficient (Wildman–Crippen LogP) is 4.07. The van der Waals surface area contributed by atoms with Gasteiger partial charge in [-0.1, -0.05) is 43.8 Å². The molecule has 92 valence electrons. The van der Waals surface area contributed by atoms with E-state index in [4.69, 9.17) is 5.11 Å². The summed E-state index contributed by atoms with van der Waals surface area (Å²) in [5.74, 6) is 1.97. The molecule has 0 radical (unpaired) electrons. The fraction of sp³-hybridized carbons (Fsp3) is 0.867. The Morgan fingerprint density at radius 2 is 1.69 bits per heavy atom. The van der Waals surface area contributed by atoms with E-state index in [-0.39, 0.29) is 0 Å². The maximum atomic E-state index is 8.65. The molecule has 2 saturated carbocycles. The molecule has 1 atom stereocenters. The number of aliphatic hydroxyl groups is 1. The van der Waals surface area contributed by atoms with Gasteiger partial charge in [-0.05, 0) is 43.9 Å². The van der Waals surface area contributed by atoms with Gasteiger partial charge in [0.25, 0.3) is 0 Å². The molecule has 1 nitrogen and oxygen atoms in total. The fourth-order valence-electron chi connectivity index (χ4n) is 2.49. The number of hydrogen-bond acceptors (Lipinski definition) is 1. The van der Waals surface area contributed by atoms with Gasteiger partial charge in [-0.3, -0.25) is 0 Å². The summed E-state index contributed by atoms with van der Waals surface area (Å²) >= 11 is 0. The number of unbranched alkanes of at least 4 members (excludes halogenated alkanes) is 5. The van der Waals surface area contributed by atoms with E-state index < -0.39 is 0 Å². The average molecular weight is 222 g/mol. The van der Waals surface area contributed by atoms with Crippen LogP contribution < -0.4 is 0 Å². The van der Waals surface area contributed by atoms with Gasteiger partial charge in [0, 0.05) is 6.61 Å². The molecular weight excluding hydrogens is 196 g/mol. The van der Waals surface area contributed by atoms with Gasteiger partial charge in [0.2, 0.25) is 0 Å². The van der Waals surface area contributed by atoms with Gasteiger partial charge in [0.15, 0.2) is 0 Å². The number of aliphatic hydroxyl groups excluding tert-OH is 1. The molecule has 0 spiro atoms. The Labute approximate surface area is 99.9 Å². The first-order valence-electron chi connectivity index (χ1n) is 7.21. The van der Waals surface area contributed by atoms with Crippen molar-refractivity contribution in [2.45, 2.75) is 64.2 Å². The lowest BCUT2D eigenvalue weighted by molar-refractivity contribution is 0.282. The smallest absolute Gasteiger partial charge is 0.0431 e. The third kappa shape index (κ3) is 4.69. The lowest BCUT2D eigenvalue weighted by atomic mass is 10.1. The molecule has 1 N–H and O–H groups in total. The Kier molecular flexibility index (Phi) is 4.90. The Morgan fingerprint density at radius 1 is 1.00 bits per heavy atom. The number of allylic oxidation sites excluding steroid dienone is 2. The quantitative estimate of drug-likeness (QED) is 0.460. The molecule has 2 fully saturated rings. The summed E-state index contributed by atoms with van der Waals surface area (Å²) in [6.07, 6.45) is 16.1. The zero-order valence-electron chi connectivity index (χ0n) is 10.5. The monoisotopic (exact) mass is 222 g/mol. The lowest BCUT2D eigenvalue weighted by Crippen LogP contribution is -1.84. The second kappa shape index (κ2) is 6.44. The summed E-state index contributed by atoms with van der Waals surface area (Å²) in [5.41, 5.74) is 1.78. The molecular formula is C15H26O. The first-order valence-corrected chi connectivity index (χ1v) is 7.21. The molecule has 0 bridgehead atoms. The van der Waals surface area contributed by atoms with Crippen LogP contribution in [0.4, 0.5) is 0 Å². The van der Waals surface area contributed by atoms with Crippen LogP contribution in [-0.4, -0.2) is 11.7 Å². The molecule has 0 amide bonds. The molecule has 2 aliphatic rings. The molecule has 0 saturated heterocycles. The maximum Gasteiger partial charge on any atom is 0.0431 e. The van der Waals surface area contributed by atoms with Crippen molar-refractivity contribution in [2.75, 3.05) is 6.61 Å². The van der Waals surface area contributed by atoms with Crippen molar-refractivity contribution in [3.63, 3.8) is 0 Å².